The minimum Gasteiger partial charge on any atom is -0.394 e. The summed E-state index contributed by atoms with van der Waals surface area (Å²) in [6.45, 7) is -0.404. The number of carbonyl (C=O) groups is 1. The van der Waals surface area contributed by atoms with E-state index in [-0.39, 0.29) is 49.1 Å². The molecule has 1 saturated heterocycles. The number of hydrogen-bond acceptors (Lipinski definition) is 8. The van der Waals surface area contributed by atoms with Crippen molar-refractivity contribution in [2.75, 3.05) is 18.9 Å². The van der Waals surface area contributed by atoms with Crippen molar-refractivity contribution in [1.29, 1.82) is 0 Å². The van der Waals surface area contributed by atoms with E-state index in [0.29, 0.717) is 0 Å². The van der Waals surface area contributed by atoms with Crippen LogP contribution in [0.3, 0.4) is 0 Å². The van der Waals surface area contributed by atoms with E-state index in [0.717, 1.165) is 0 Å². The molecule has 0 aromatic carbocycles. The molecule has 2 aromatic heterocycles. The summed E-state index contributed by atoms with van der Waals surface area (Å²) in [5.41, 5.74) is 5.22. The summed E-state index contributed by atoms with van der Waals surface area (Å²) in [4.78, 5) is 44.7. The zero-order chi connectivity index (χ0) is 18.1. The second-order valence-electron chi connectivity index (χ2n) is 5.58. The number of nitrogens with two attached hydrogens (primary N) is 1. The lowest BCUT2D eigenvalue weighted by atomic mass is 10.2. The van der Waals surface area contributed by atoms with Gasteiger partial charge in [-0.2, -0.15) is 4.98 Å². The van der Waals surface area contributed by atoms with E-state index in [9.17, 15) is 19.3 Å². The van der Waals surface area contributed by atoms with Crippen molar-refractivity contribution in [1.82, 2.24) is 24.4 Å². The molecule has 3 atom stereocenters. The Kier molecular flexibility index (Phi) is 4.77. The molecule has 1 fully saturated rings. The zero-order valence-electron chi connectivity index (χ0n) is 12.9. The number of nitrogens with zero attached hydrogens (tertiary/aromatic N) is 4. The number of nitrogens with one attached hydrogen (secondary N) is 1. The third-order valence-electron chi connectivity index (χ3n) is 3.95. The van der Waals surface area contributed by atoms with Crippen LogP contribution in [0.1, 0.15) is 6.42 Å². The lowest BCUT2D eigenvalue weighted by molar-refractivity contribution is -0.133. The molecule has 2 aromatic rings. The summed E-state index contributed by atoms with van der Waals surface area (Å²) < 4.78 is 17.0. The standard InChI is InChI=1S/C12H15N6O6P/c13-12-15-10-9(11(21)16-12)14-5-17(10)3-8(20)18-2-7(24-25(22)23)1-6(18)4-19/h5-7,19H,1-4H2,(H3-,13,15,16,21,22,23)/p+1/t6-,7+/m0/s1. The fourth-order valence-electron chi connectivity index (χ4n) is 2.88. The summed E-state index contributed by atoms with van der Waals surface area (Å²) in [5.74, 6) is -0.473. The number of H-pyrrole nitrogens is 1. The van der Waals surface area contributed by atoms with E-state index in [1.54, 1.807) is 0 Å². The summed E-state index contributed by atoms with van der Waals surface area (Å²) in [7, 11) is -2.79. The van der Waals surface area contributed by atoms with Crippen LogP contribution in [0, 0.1) is 0 Å². The maximum atomic E-state index is 12.6. The Morgan fingerprint density at radius 1 is 1.56 bits per heavy atom. The van der Waals surface area contributed by atoms with Gasteiger partial charge >= 0.3 is 8.25 Å². The maximum Gasteiger partial charge on any atom is 0.695 e. The second kappa shape index (κ2) is 6.84. The van der Waals surface area contributed by atoms with Crippen molar-refractivity contribution in [3.63, 3.8) is 0 Å². The number of likely N-dealkylation sites (tertiary alicyclic amines) is 1. The van der Waals surface area contributed by atoms with E-state index in [1.165, 1.54) is 15.8 Å². The van der Waals surface area contributed by atoms with Crippen LogP contribution in [0.25, 0.3) is 11.2 Å². The molecule has 0 spiro atoms. The van der Waals surface area contributed by atoms with E-state index < -0.39 is 26.0 Å². The molecule has 1 aliphatic heterocycles. The maximum absolute atomic E-state index is 12.6. The molecule has 1 amide bonds. The molecular formula is C12H16N6O6P+. The minimum absolute atomic E-state index is 0.0561. The third kappa shape index (κ3) is 3.51. The number of hydrogen-bond donors (Lipinski definition) is 4. The number of imidazole rings is 1. The molecule has 0 bridgehead atoms. The van der Waals surface area contributed by atoms with Gasteiger partial charge in [-0.1, -0.05) is 0 Å². The molecule has 0 radical (unpaired) electrons. The summed E-state index contributed by atoms with van der Waals surface area (Å²) >= 11 is 0. The molecule has 3 rings (SSSR count). The van der Waals surface area contributed by atoms with E-state index in [2.05, 4.69) is 15.0 Å². The molecule has 0 aliphatic carbocycles. The first-order chi connectivity index (χ1) is 11.9. The first-order valence-corrected chi connectivity index (χ1v) is 8.46. The molecule has 5 N–H and O–H groups in total. The SMILES string of the molecule is Nc1nc2c(ncn2CC(=O)N2C[C@H](O[P+](=O)O)C[C@H]2CO)c(=O)[nH]1. The molecular weight excluding hydrogens is 355 g/mol. The van der Waals surface area contributed by atoms with Crippen LogP contribution in [-0.2, 0) is 20.4 Å². The molecule has 25 heavy (non-hydrogen) atoms. The Labute approximate surface area is 141 Å². The van der Waals surface area contributed by atoms with E-state index in [4.69, 9.17) is 15.2 Å². The van der Waals surface area contributed by atoms with Gasteiger partial charge in [0.05, 0.1) is 25.5 Å². The number of aromatic amines is 1. The van der Waals surface area contributed by atoms with E-state index >= 15 is 0 Å². The topological polar surface area (TPSA) is 177 Å². The average molecular weight is 371 g/mol. The summed E-state index contributed by atoms with van der Waals surface area (Å²) in [6, 6.07) is -0.524. The molecule has 134 valence electrons. The number of amides is 1. The Hall–Kier alpha value is -2.40. The highest BCUT2D eigenvalue weighted by atomic mass is 31.1. The monoisotopic (exact) mass is 371 g/mol. The van der Waals surface area contributed by atoms with Crippen molar-refractivity contribution < 1.29 is 23.9 Å². The van der Waals surface area contributed by atoms with Gasteiger partial charge in [0, 0.05) is 11.0 Å². The van der Waals surface area contributed by atoms with Gasteiger partial charge in [0.2, 0.25) is 11.9 Å². The van der Waals surface area contributed by atoms with Gasteiger partial charge < -0.3 is 20.3 Å². The van der Waals surface area contributed by atoms with E-state index in [1.807, 2.05) is 0 Å². The number of nitrogen functional groups attached to an aromatic ring is 1. The smallest absolute Gasteiger partial charge is 0.394 e. The third-order valence-corrected chi connectivity index (χ3v) is 4.42. The second-order valence-corrected chi connectivity index (χ2v) is 6.27. The van der Waals surface area contributed by atoms with Crippen molar-refractivity contribution in [2.24, 2.45) is 0 Å². The molecule has 0 saturated carbocycles. The van der Waals surface area contributed by atoms with Crippen molar-refractivity contribution in [2.45, 2.75) is 25.1 Å². The van der Waals surface area contributed by atoms with Gasteiger partial charge in [0.1, 0.15) is 12.6 Å². The van der Waals surface area contributed by atoms with Gasteiger partial charge in [-0.05, 0) is 0 Å². The number of rotatable bonds is 5. The van der Waals surface area contributed by atoms with Crippen LogP contribution in [0.4, 0.5) is 5.95 Å². The summed E-state index contributed by atoms with van der Waals surface area (Å²) in [5, 5.41) is 9.43. The van der Waals surface area contributed by atoms with Crippen molar-refractivity contribution in [3.05, 3.63) is 16.7 Å². The Bertz CT molecular complexity index is 881. The predicted octanol–water partition coefficient (Wildman–Crippen LogP) is -1.67. The lowest BCUT2D eigenvalue weighted by Crippen LogP contribution is -2.40. The van der Waals surface area contributed by atoms with Gasteiger partial charge in [-0.25, -0.2) is 4.98 Å². The van der Waals surface area contributed by atoms with Crippen LogP contribution in [0.5, 0.6) is 0 Å². The zero-order valence-corrected chi connectivity index (χ0v) is 13.8. The number of aromatic nitrogens is 4. The molecule has 3 heterocycles. The molecule has 1 unspecified atom stereocenters. The van der Waals surface area contributed by atoms with Gasteiger partial charge in [0.15, 0.2) is 11.2 Å². The fourth-order valence-corrected chi connectivity index (χ4v) is 3.29. The van der Waals surface area contributed by atoms with Crippen LogP contribution < -0.4 is 11.3 Å². The minimum atomic E-state index is -2.79. The van der Waals surface area contributed by atoms with Gasteiger partial charge in [-0.15, -0.1) is 9.42 Å². The largest absolute Gasteiger partial charge is 0.695 e. The quantitative estimate of drug-likeness (QED) is 0.447. The normalized spacial score (nSPS) is 21.0. The van der Waals surface area contributed by atoms with Crippen molar-refractivity contribution in [3.8, 4) is 0 Å². The van der Waals surface area contributed by atoms with Crippen molar-refractivity contribution >= 4 is 31.3 Å². The molecule has 12 nitrogen and oxygen atoms in total. The summed E-state index contributed by atoms with van der Waals surface area (Å²) in [6.07, 6.45) is 0.914. The number of aliphatic hydroxyl groups is 1. The van der Waals surface area contributed by atoms with Crippen LogP contribution in [0.15, 0.2) is 11.1 Å². The highest BCUT2D eigenvalue weighted by molar-refractivity contribution is 7.32. The highest BCUT2D eigenvalue weighted by Gasteiger charge is 2.39. The Morgan fingerprint density at radius 2 is 2.32 bits per heavy atom. The number of aliphatic hydroxyl groups excluding tert-OH is 1. The number of fused-ring (bicyclic) bond motifs is 1. The Balaban J connectivity index is 1.80. The van der Waals surface area contributed by atoms with Gasteiger partial charge in [0.25, 0.3) is 5.56 Å². The molecule has 13 heteroatoms. The van der Waals surface area contributed by atoms with Crippen LogP contribution in [0.2, 0.25) is 0 Å². The number of anilines is 1. The Morgan fingerprint density at radius 3 is 3.00 bits per heavy atom. The van der Waals surface area contributed by atoms with Crippen LogP contribution in [-0.4, -0.2) is 65.6 Å². The highest BCUT2D eigenvalue weighted by Crippen LogP contribution is 2.28. The average Bonchev–Trinajstić information content (AvgIpc) is 3.11. The molecule has 1 aliphatic rings. The fraction of sp³-hybridized carbons (Fsp3) is 0.500. The number of carbonyl (C=O) groups excluding carboxylic acids is 1. The first kappa shape index (κ1) is 17.4. The van der Waals surface area contributed by atoms with Gasteiger partial charge in [-0.3, -0.25) is 14.6 Å². The first-order valence-electron chi connectivity index (χ1n) is 7.33. The lowest BCUT2D eigenvalue weighted by Gasteiger charge is -2.22. The van der Waals surface area contributed by atoms with Crippen LogP contribution >= 0.6 is 8.25 Å². The predicted molar refractivity (Wildman–Crippen MR) is 84.5 cm³/mol.